The molecule has 1 aliphatic carbocycles. The molecule has 0 spiro atoms. The maximum Gasteiger partial charge on any atom is 0.256 e. The van der Waals surface area contributed by atoms with E-state index < -0.39 is 22.9 Å². The lowest BCUT2D eigenvalue weighted by Crippen LogP contribution is -2.26. The predicted molar refractivity (Wildman–Crippen MR) is 161 cm³/mol. The molecule has 0 unspecified atom stereocenters. The highest BCUT2D eigenvalue weighted by molar-refractivity contribution is 5.98. The molecule has 0 aliphatic heterocycles. The normalized spacial score (nSPS) is 13.1. The summed E-state index contributed by atoms with van der Waals surface area (Å²) in [6, 6.07) is 11.6. The number of aromatic nitrogens is 3. The fourth-order valence-corrected chi connectivity index (χ4v) is 5.04. The Kier molecular flexibility index (Phi) is 8.91. The van der Waals surface area contributed by atoms with Gasteiger partial charge in [-0.3, -0.25) is 14.2 Å². The van der Waals surface area contributed by atoms with Gasteiger partial charge in [0.1, 0.15) is 17.3 Å². The molecule has 2 heterocycles. The number of benzene rings is 2. The van der Waals surface area contributed by atoms with E-state index in [-0.39, 0.29) is 17.5 Å². The number of amides is 1. The van der Waals surface area contributed by atoms with Crippen LogP contribution in [0.4, 0.5) is 14.7 Å². The summed E-state index contributed by atoms with van der Waals surface area (Å²) in [5.74, 6) is -1.19. The van der Waals surface area contributed by atoms with Crippen molar-refractivity contribution in [1.82, 2.24) is 24.8 Å². The van der Waals surface area contributed by atoms with Crippen molar-refractivity contribution in [3.8, 4) is 16.9 Å². The van der Waals surface area contributed by atoms with Gasteiger partial charge in [0.2, 0.25) is 5.95 Å². The van der Waals surface area contributed by atoms with Gasteiger partial charge in [-0.25, -0.2) is 13.8 Å². The second kappa shape index (κ2) is 12.8. The number of rotatable bonds is 12. The summed E-state index contributed by atoms with van der Waals surface area (Å²) < 4.78 is 30.9. The summed E-state index contributed by atoms with van der Waals surface area (Å²) in [6.07, 6.45) is 3.07. The average molecular weight is 575 g/mol. The fraction of sp³-hybridized carbons (Fsp3) is 0.375. The highest BCUT2D eigenvalue weighted by Crippen LogP contribution is 2.32. The maximum atomic E-state index is 15.0. The molecule has 4 aromatic rings. The van der Waals surface area contributed by atoms with E-state index in [1.54, 1.807) is 18.2 Å². The number of hydrogen-bond acceptors (Lipinski definition) is 6. The van der Waals surface area contributed by atoms with Crippen LogP contribution in [0.2, 0.25) is 0 Å². The number of nitrogens with zero attached hydrogens (tertiary/aromatic N) is 4. The van der Waals surface area contributed by atoms with Crippen LogP contribution in [0, 0.1) is 24.5 Å². The second-order valence-corrected chi connectivity index (χ2v) is 10.7. The van der Waals surface area contributed by atoms with Gasteiger partial charge in [0.05, 0.1) is 5.69 Å². The summed E-state index contributed by atoms with van der Waals surface area (Å²) in [5.41, 5.74) is 1.36. The van der Waals surface area contributed by atoms with Crippen LogP contribution < -0.4 is 16.2 Å². The van der Waals surface area contributed by atoms with E-state index in [0.717, 1.165) is 61.2 Å². The van der Waals surface area contributed by atoms with Crippen LogP contribution in [0.5, 0.6) is 0 Å². The number of hydrogen-bond donors (Lipinski definition) is 2. The van der Waals surface area contributed by atoms with Crippen LogP contribution in [-0.4, -0.2) is 58.1 Å². The van der Waals surface area contributed by atoms with Crippen molar-refractivity contribution in [3.63, 3.8) is 0 Å². The van der Waals surface area contributed by atoms with Gasteiger partial charge in [-0.2, -0.15) is 4.98 Å². The van der Waals surface area contributed by atoms with E-state index in [1.165, 1.54) is 12.1 Å². The predicted octanol–water partition coefficient (Wildman–Crippen LogP) is 5.32. The van der Waals surface area contributed by atoms with Crippen molar-refractivity contribution in [2.75, 3.05) is 38.0 Å². The summed E-state index contributed by atoms with van der Waals surface area (Å²) >= 11 is 0. The van der Waals surface area contributed by atoms with Crippen LogP contribution in [-0.2, 0) is 0 Å². The van der Waals surface area contributed by atoms with Gasteiger partial charge in [0.25, 0.3) is 11.5 Å². The van der Waals surface area contributed by atoms with Gasteiger partial charge >= 0.3 is 0 Å². The van der Waals surface area contributed by atoms with Crippen molar-refractivity contribution in [2.24, 2.45) is 5.92 Å². The summed E-state index contributed by atoms with van der Waals surface area (Å²) in [6.45, 7) is 10.1. The van der Waals surface area contributed by atoms with Crippen LogP contribution in [0.25, 0.3) is 28.0 Å². The zero-order valence-electron chi connectivity index (χ0n) is 24.2. The number of nitrogens with one attached hydrogen (secondary N) is 2. The first-order valence-corrected chi connectivity index (χ1v) is 14.5. The second-order valence-electron chi connectivity index (χ2n) is 10.7. The molecular weight excluding hydrogens is 538 g/mol. The number of pyridine rings is 1. The fourth-order valence-electron chi connectivity index (χ4n) is 5.04. The van der Waals surface area contributed by atoms with Crippen molar-refractivity contribution in [3.05, 3.63) is 81.6 Å². The Morgan fingerprint density at radius 1 is 1.05 bits per heavy atom. The topological polar surface area (TPSA) is 92.2 Å². The van der Waals surface area contributed by atoms with Gasteiger partial charge in [-0.05, 0) is 87.6 Å². The Labute approximate surface area is 243 Å². The molecule has 8 nitrogen and oxygen atoms in total. The standard InChI is InChI=1S/C32H36F2N6O2/c1-4-39(5-2)17-7-16-35-32-37-28(24-18-22(13-10-20(24)3)31(42)36-19-21-11-12-21)23-14-15-27(41)40(30(23)38-32)29-25(33)8-6-9-26(29)34/h6,8-10,13-15,18,21H,4-5,7,11-12,16-17,19H2,1-3H3,(H,36,42)(H,35,37,38). The van der Waals surface area contributed by atoms with Gasteiger partial charge in [-0.1, -0.05) is 26.0 Å². The summed E-state index contributed by atoms with van der Waals surface area (Å²) in [4.78, 5) is 37.8. The van der Waals surface area contributed by atoms with Crippen molar-refractivity contribution < 1.29 is 13.6 Å². The minimum atomic E-state index is -0.885. The van der Waals surface area contributed by atoms with E-state index in [4.69, 9.17) is 4.98 Å². The van der Waals surface area contributed by atoms with Crippen LogP contribution in [0.3, 0.4) is 0 Å². The Balaban J connectivity index is 1.63. The van der Waals surface area contributed by atoms with E-state index >= 15 is 0 Å². The Morgan fingerprint density at radius 2 is 1.79 bits per heavy atom. The number of anilines is 1. The van der Waals surface area contributed by atoms with Crippen molar-refractivity contribution >= 4 is 22.9 Å². The largest absolute Gasteiger partial charge is 0.354 e. The van der Waals surface area contributed by atoms with E-state index in [0.29, 0.717) is 41.2 Å². The Bertz CT molecular complexity index is 1640. The van der Waals surface area contributed by atoms with Crippen LogP contribution >= 0.6 is 0 Å². The maximum absolute atomic E-state index is 15.0. The van der Waals surface area contributed by atoms with Gasteiger partial charge in [0.15, 0.2) is 5.65 Å². The van der Waals surface area contributed by atoms with Gasteiger partial charge < -0.3 is 15.5 Å². The molecule has 2 N–H and O–H groups in total. The number of para-hydroxylation sites is 1. The molecule has 2 aromatic heterocycles. The minimum Gasteiger partial charge on any atom is -0.354 e. The Hall–Kier alpha value is -4.18. The summed E-state index contributed by atoms with van der Waals surface area (Å²) in [5, 5.41) is 6.66. The monoisotopic (exact) mass is 574 g/mol. The van der Waals surface area contributed by atoms with Gasteiger partial charge in [0, 0.05) is 35.7 Å². The molecule has 0 atom stereocenters. The first-order chi connectivity index (χ1) is 20.3. The third kappa shape index (κ3) is 6.33. The number of halogens is 2. The smallest absolute Gasteiger partial charge is 0.256 e. The first-order valence-electron chi connectivity index (χ1n) is 14.5. The molecule has 1 aliphatic rings. The SMILES string of the molecule is CCN(CC)CCCNc1nc(-c2cc(C(=O)NCC3CC3)ccc2C)c2ccc(=O)n(-c3c(F)cccc3F)c2n1. The lowest BCUT2D eigenvalue weighted by atomic mass is 9.99. The van der Waals surface area contributed by atoms with Crippen molar-refractivity contribution in [1.29, 1.82) is 0 Å². The third-order valence-corrected chi connectivity index (χ3v) is 7.74. The number of carbonyl (C=O) groups is 1. The van der Waals surface area contributed by atoms with Crippen LogP contribution in [0.1, 0.15) is 49.0 Å². The minimum absolute atomic E-state index is 0.0609. The first kappa shape index (κ1) is 29.3. The highest BCUT2D eigenvalue weighted by atomic mass is 19.1. The molecular formula is C32H36F2N6O2. The molecule has 1 fully saturated rings. The molecule has 1 saturated carbocycles. The molecule has 1 amide bonds. The quantitative estimate of drug-likeness (QED) is 0.223. The van der Waals surface area contributed by atoms with Crippen molar-refractivity contribution in [2.45, 2.75) is 40.0 Å². The molecule has 0 bridgehead atoms. The zero-order chi connectivity index (χ0) is 29.8. The molecule has 5 rings (SSSR count). The molecule has 220 valence electrons. The molecule has 2 aromatic carbocycles. The van der Waals surface area contributed by atoms with Gasteiger partial charge in [-0.15, -0.1) is 0 Å². The Morgan fingerprint density at radius 3 is 2.48 bits per heavy atom. The number of fused-ring (bicyclic) bond motifs is 1. The lowest BCUT2D eigenvalue weighted by molar-refractivity contribution is 0.0952. The molecule has 0 radical (unpaired) electrons. The molecule has 10 heteroatoms. The molecule has 42 heavy (non-hydrogen) atoms. The molecule has 0 saturated heterocycles. The van der Waals surface area contributed by atoms with E-state index in [1.807, 2.05) is 13.0 Å². The third-order valence-electron chi connectivity index (χ3n) is 7.74. The number of carbonyl (C=O) groups excluding carboxylic acids is 1. The number of aryl methyl sites for hydroxylation is 1. The average Bonchev–Trinajstić information content (AvgIpc) is 3.81. The van der Waals surface area contributed by atoms with E-state index in [9.17, 15) is 18.4 Å². The summed E-state index contributed by atoms with van der Waals surface area (Å²) in [7, 11) is 0. The van der Waals surface area contributed by atoms with Crippen LogP contribution in [0.15, 0.2) is 53.3 Å². The highest BCUT2D eigenvalue weighted by Gasteiger charge is 2.23. The van der Waals surface area contributed by atoms with E-state index in [2.05, 4.69) is 34.4 Å². The zero-order valence-corrected chi connectivity index (χ0v) is 24.2. The lowest BCUT2D eigenvalue weighted by Gasteiger charge is -2.18.